The molecule has 1 aliphatic heterocycles. The molecule has 3 amide bonds. The largest absolute Gasteiger partial charge is 0.472 e. The molecule has 1 rings (SSSR count). The number of nitrogens with one attached hydrogen (secondary N) is 1. The fourth-order valence-corrected chi connectivity index (χ4v) is 4.48. The highest BCUT2D eigenvalue weighted by Crippen LogP contribution is 2.41. The summed E-state index contributed by atoms with van der Waals surface area (Å²) in [4.78, 5) is 52.0. The maximum atomic E-state index is 13.3. The van der Waals surface area contributed by atoms with Crippen molar-refractivity contribution in [1.82, 2.24) is 15.1 Å². The zero-order chi connectivity index (χ0) is 29.1. The van der Waals surface area contributed by atoms with Gasteiger partial charge in [0.15, 0.2) is 0 Å². The van der Waals surface area contributed by atoms with Crippen molar-refractivity contribution >= 4 is 25.5 Å². The van der Waals surface area contributed by atoms with Gasteiger partial charge in [-0.05, 0) is 0 Å². The predicted octanol–water partition coefficient (Wildman–Crippen LogP) is -0.107. The monoisotopic (exact) mass is 567 g/mol. The maximum absolute atomic E-state index is 13.3. The second-order valence-electron chi connectivity index (χ2n) is 11.7. The SMILES string of the molecule is COC(CNC(=O)C1CN(C(=O)CCC[N+](C)(C)C)CCN1C(=O)CCC[N+](C)(C)C)COP(=O)(O)OC. The number of carbonyl (C=O) groups excluding carboxylic acids is 3. The number of quaternary nitrogens is 2. The molecule has 1 aliphatic rings. The van der Waals surface area contributed by atoms with E-state index in [4.69, 9.17) is 9.26 Å². The minimum Gasteiger partial charge on any atom is -0.377 e. The number of ether oxygens (including phenoxy) is 1. The van der Waals surface area contributed by atoms with E-state index >= 15 is 0 Å². The van der Waals surface area contributed by atoms with Gasteiger partial charge < -0.3 is 33.7 Å². The maximum Gasteiger partial charge on any atom is 0.472 e. The van der Waals surface area contributed by atoms with Crippen LogP contribution in [-0.2, 0) is 32.7 Å². The van der Waals surface area contributed by atoms with E-state index in [-0.39, 0.29) is 38.1 Å². The lowest BCUT2D eigenvalue weighted by atomic mass is 10.1. The molecule has 1 saturated heterocycles. The van der Waals surface area contributed by atoms with Crippen molar-refractivity contribution in [3.8, 4) is 0 Å². The molecule has 3 atom stereocenters. The van der Waals surface area contributed by atoms with Crippen molar-refractivity contribution in [3.63, 3.8) is 0 Å². The van der Waals surface area contributed by atoms with Gasteiger partial charge in [0.1, 0.15) is 6.04 Å². The number of hydrogen-bond donors (Lipinski definition) is 2. The molecular formula is C24H50N5O8P+2. The summed E-state index contributed by atoms with van der Waals surface area (Å²) < 4.78 is 27.5. The molecule has 2 N–H and O–H groups in total. The molecule has 0 saturated carbocycles. The molecule has 0 aromatic carbocycles. The Balaban J connectivity index is 2.87. The van der Waals surface area contributed by atoms with E-state index in [9.17, 15) is 23.8 Å². The molecule has 1 fully saturated rings. The second-order valence-corrected chi connectivity index (χ2v) is 13.3. The van der Waals surface area contributed by atoms with Crippen LogP contribution in [0.4, 0.5) is 0 Å². The molecule has 14 heteroatoms. The molecule has 0 aromatic rings. The molecule has 0 aromatic heterocycles. The van der Waals surface area contributed by atoms with Crippen LogP contribution in [0.2, 0.25) is 0 Å². The van der Waals surface area contributed by atoms with Crippen LogP contribution in [0.1, 0.15) is 25.7 Å². The summed E-state index contributed by atoms with van der Waals surface area (Å²) >= 11 is 0. The molecule has 0 spiro atoms. The van der Waals surface area contributed by atoms with E-state index in [0.717, 1.165) is 35.6 Å². The van der Waals surface area contributed by atoms with Crippen molar-refractivity contribution in [3.05, 3.63) is 0 Å². The Morgan fingerprint density at radius 2 is 1.53 bits per heavy atom. The van der Waals surface area contributed by atoms with Crippen LogP contribution in [0.3, 0.4) is 0 Å². The van der Waals surface area contributed by atoms with Crippen LogP contribution in [0.5, 0.6) is 0 Å². The third-order valence-corrected chi connectivity index (χ3v) is 7.22. The summed E-state index contributed by atoms with van der Waals surface area (Å²) in [6.45, 7) is 2.14. The molecule has 3 unspecified atom stereocenters. The average molecular weight is 568 g/mol. The average Bonchev–Trinajstić information content (AvgIpc) is 2.81. The first-order valence-electron chi connectivity index (χ1n) is 13.0. The van der Waals surface area contributed by atoms with Gasteiger partial charge in [0.25, 0.3) is 0 Å². The summed E-state index contributed by atoms with van der Waals surface area (Å²) in [6, 6.07) is -0.843. The Morgan fingerprint density at radius 3 is 2.03 bits per heavy atom. The lowest BCUT2D eigenvalue weighted by molar-refractivity contribution is -0.870. The summed E-state index contributed by atoms with van der Waals surface area (Å²) in [7, 11) is 10.6. The number of amides is 3. The zero-order valence-corrected chi connectivity index (χ0v) is 25.4. The van der Waals surface area contributed by atoms with Gasteiger partial charge in [0.2, 0.25) is 17.7 Å². The summed E-state index contributed by atoms with van der Waals surface area (Å²) in [5.74, 6) is -0.576. The first-order chi connectivity index (χ1) is 17.5. The fourth-order valence-electron chi connectivity index (χ4n) is 4.02. The number of piperazine rings is 1. The van der Waals surface area contributed by atoms with E-state index in [0.29, 0.717) is 25.8 Å². The van der Waals surface area contributed by atoms with Crippen molar-refractivity contribution < 1.29 is 46.6 Å². The van der Waals surface area contributed by atoms with Gasteiger partial charge in [-0.15, -0.1) is 0 Å². The Labute approximate surface area is 227 Å². The topological polar surface area (TPSA) is 135 Å². The molecule has 222 valence electrons. The van der Waals surface area contributed by atoms with Gasteiger partial charge in [-0.25, -0.2) is 4.57 Å². The van der Waals surface area contributed by atoms with Crippen molar-refractivity contribution in [1.29, 1.82) is 0 Å². The van der Waals surface area contributed by atoms with Gasteiger partial charge in [-0.2, -0.15) is 0 Å². The quantitative estimate of drug-likeness (QED) is 0.195. The van der Waals surface area contributed by atoms with Gasteiger partial charge in [0.05, 0.1) is 74.6 Å². The second kappa shape index (κ2) is 15.3. The smallest absolute Gasteiger partial charge is 0.377 e. The Bertz CT molecular complexity index is 830. The number of phosphoric acid groups is 1. The van der Waals surface area contributed by atoms with Crippen LogP contribution in [0, 0.1) is 0 Å². The molecular weight excluding hydrogens is 517 g/mol. The normalized spacial score (nSPS) is 19.1. The number of rotatable bonds is 16. The minimum atomic E-state index is -4.19. The standard InChI is InChI=1S/C24H48N5O8P/c1-28(2,3)15-9-11-22(30)26-13-14-27(23(31)12-10-16-29(4,5)6)21(18-26)24(32)25-17-20(35-7)19-37-38(33,34)36-8/h20-21H,9-19H2,1-8H3/p+2. The predicted molar refractivity (Wildman–Crippen MR) is 143 cm³/mol. The van der Waals surface area contributed by atoms with Crippen LogP contribution >= 0.6 is 7.82 Å². The third-order valence-electron chi connectivity index (χ3n) is 6.29. The number of methoxy groups -OCH3 is 1. The van der Waals surface area contributed by atoms with E-state index in [1.807, 2.05) is 0 Å². The molecule has 1 heterocycles. The first kappa shape index (κ1) is 34.4. The lowest BCUT2D eigenvalue weighted by Crippen LogP contribution is -2.62. The van der Waals surface area contributed by atoms with Crippen LogP contribution in [0.15, 0.2) is 0 Å². The number of nitrogens with zero attached hydrogens (tertiary/aromatic N) is 4. The Kier molecular flexibility index (Phi) is 13.8. The minimum absolute atomic E-state index is 0.0173. The molecule has 13 nitrogen and oxygen atoms in total. The molecule has 38 heavy (non-hydrogen) atoms. The summed E-state index contributed by atoms with van der Waals surface area (Å²) in [6.07, 6.45) is 1.39. The van der Waals surface area contributed by atoms with Gasteiger partial charge in [0, 0.05) is 59.5 Å². The zero-order valence-electron chi connectivity index (χ0n) is 24.5. The Morgan fingerprint density at radius 1 is 0.974 bits per heavy atom. The summed E-state index contributed by atoms with van der Waals surface area (Å²) in [5.41, 5.74) is 0. The van der Waals surface area contributed by atoms with Crippen molar-refractivity contribution in [2.75, 3.05) is 102 Å². The van der Waals surface area contributed by atoms with Gasteiger partial charge in [-0.3, -0.25) is 23.4 Å². The molecule has 0 radical (unpaired) electrons. The highest BCUT2D eigenvalue weighted by Gasteiger charge is 2.37. The first-order valence-corrected chi connectivity index (χ1v) is 14.5. The highest BCUT2D eigenvalue weighted by molar-refractivity contribution is 7.47. The van der Waals surface area contributed by atoms with Crippen LogP contribution in [-0.4, -0.2) is 156 Å². The number of hydrogen-bond acceptors (Lipinski definition) is 7. The molecule has 0 aliphatic carbocycles. The lowest BCUT2D eigenvalue weighted by Gasteiger charge is -2.41. The summed E-state index contributed by atoms with van der Waals surface area (Å²) in [5, 5.41) is 2.75. The van der Waals surface area contributed by atoms with E-state index < -0.39 is 25.9 Å². The third kappa shape index (κ3) is 13.5. The highest BCUT2D eigenvalue weighted by atomic mass is 31.2. The van der Waals surface area contributed by atoms with E-state index in [1.165, 1.54) is 7.11 Å². The van der Waals surface area contributed by atoms with Crippen LogP contribution in [0.25, 0.3) is 0 Å². The van der Waals surface area contributed by atoms with Gasteiger partial charge >= 0.3 is 7.82 Å². The fraction of sp³-hybridized carbons (Fsp3) is 0.875. The van der Waals surface area contributed by atoms with E-state index in [1.54, 1.807) is 9.80 Å². The Hall–Kier alpha value is -1.60. The number of carbonyl (C=O) groups is 3. The van der Waals surface area contributed by atoms with Crippen LogP contribution < -0.4 is 5.32 Å². The van der Waals surface area contributed by atoms with Crippen molar-refractivity contribution in [2.45, 2.75) is 37.8 Å². The molecule has 0 bridgehead atoms. The van der Waals surface area contributed by atoms with E-state index in [2.05, 4.69) is 52.1 Å². The number of phosphoric ester groups is 1. The van der Waals surface area contributed by atoms with Crippen molar-refractivity contribution in [2.24, 2.45) is 0 Å². The van der Waals surface area contributed by atoms with Gasteiger partial charge in [-0.1, -0.05) is 0 Å².